The van der Waals surface area contributed by atoms with Crippen LogP contribution in [-0.4, -0.2) is 11.1 Å². The molecule has 0 spiro atoms. The Labute approximate surface area is 110 Å². The first-order valence-corrected chi connectivity index (χ1v) is 5.84. The summed E-state index contributed by atoms with van der Waals surface area (Å²) in [7, 11) is 0. The van der Waals surface area contributed by atoms with Gasteiger partial charge in [0.15, 0.2) is 0 Å². The third-order valence-corrected chi connectivity index (χ3v) is 2.86. The zero-order valence-electron chi connectivity index (χ0n) is 10.4. The molecule has 0 radical (unpaired) electrons. The van der Waals surface area contributed by atoms with E-state index in [1.165, 1.54) is 18.2 Å². The molecule has 0 heterocycles. The number of hydrogen-bond acceptors (Lipinski definition) is 1. The molecule has 0 aliphatic carbocycles. The van der Waals surface area contributed by atoms with Crippen molar-refractivity contribution in [3.8, 4) is 11.1 Å². The Bertz CT molecular complexity index is 610. The van der Waals surface area contributed by atoms with Gasteiger partial charge in [-0.3, -0.25) is 0 Å². The maximum Gasteiger partial charge on any atom is 0.328 e. The molecule has 2 aromatic rings. The smallest absolute Gasteiger partial charge is 0.328 e. The lowest BCUT2D eigenvalue weighted by molar-refractivity contribution is -0.131. The fourth-order valence-corrected chi connectivity index (χ4v) is 1.84. The van der Waals surface area contributed by atoms with E-state index in [0.717, 1.165) is 16.7 Å². The van der Waals surface area contributed by atoms with Gasteiger partial charge in [0.2, 0.25) is 0 Å². The highest BCUT2D eigenvalue weighted by molar-refractivity contribution is 5.89. The number of benzene rings is 2. The van der Waals surface area contributed by atoms with Gasteiger partial charge in [-0.1, -0.05) is 36.4 Å². The topological polar surface area (TPSA) is 37.3 Å². The van der Waals surface area contributed by atoms with Crippen LogP contribution in [-0.2, 0) is 4.79 Å². The molecule has 96 valence electrons. The van der Waals surface area contributed by atoms with Crippen LogP contribution < -0.4 is 0 Å². The normalized spacial score (nSPS) is 11.4. The molecule has 0 aliphatic rings. The van der Waals surface area contributed by atoms with Crippen LogP contribution in [0.5, 0.6) is 0 Å². The maximum atomic E-state index is 12.8. The minimum atomic E-state index is -0.958. The lowest BCUT2D eigenvalue weighted by Gasteiger charge is -2.04. The molecule has 0 aliphatic heterocycles. The van der Waals surface area contributed by atoms with E-state index < -0.39 is 5.97 Å². The van der Waals surface area contributed by atoms with Gasteiger partial charge in [-0.15, -0.1) is 0 Å². The number of carbonyl (C=O) groups is 1. The van der Waals surface area contributed by atoms with Gasteiger partial charge in [0.05, 0.1) is 0 Å². The summed E-state index contributed by atoms with van der Waals surface area (Å²) in [6, 6.07) is 13.7. The highest BCUT2D eigenvalue weighted by Gasteiger charge is 2.01. The summed E-state index contributed by atoms with van der Waals surface area (Å²) >= 11 is 0. The third kappa shape index (κ3) is 3.28. The van der Waals surface area contributed by atoms with E-state index in [9.17, 15) is 9.18 Å². The van der Waals surface area contributed by atoms with E-state index in [4.69, 9.17) is 5.11 Å². The maximum absolute atomic E-state index is 12.8. The minimum Gasteiger partial charge on any atom is -0.478 e. The van der Waals surface area contributed by atoms with Crippen molar-refractivity contribution in [1.82, 2.24) is 0 Å². The Hall–Kier alpha value is -2.42. The highest BCUT2D eigenvalue weighted by atomic mass is 19.1. The van der Waals surface area contributed by atoms with Crippen LogP contribution in [0.15, 0.2) is 54.6 Å². The fraction of sp³-hybridized carbons (Fsp3) is 0.0625. The van der Waals surface area contributed by atoms with Crippen molar-refractivity contribution < 1.29 is 14.3 Å². The summed E-state index contributed by atoms with van der Waals surface area (Å²) in [6.45, 7) is 1.75. The van der Waals surface area contributed by atoms with E-state index in [2.05, 4.69) is 0 Å². The predicted octanol–water partition coefficient (Wildman–Crippen LogP) is 3.98. The van der Waals surface area contributed by atoms with Crippen LogP contribution in [0.2, 0.25) is 0 Å². The second-order valence-electron chi connectivity index (χ2n) is 4.25. The molecule has 0 saturated heterocycles. The zero-order valence-corrected chi connectivity index (χ0v) is 10.4. The van der Waals surface area contributed by atoms with E-state index in [1.807, 2.05) is 24.3 Å². The highest BCUT2D eigenvalue weighted by Crippen LogP contribution is 2.22. The summed E-state index contributed by atoms with van der Waals surface area (Å²) in [5.41, 5.74) is 3.44. The molecule has 0 unspecified atom stereocenters. The Morgan fingerprint density at radius 1 is 1.00 bits per heavy atom. The second-order valence-corrected chi connectivity index (χ2v) is 4.25. The van der Waals surface area contributed by atoms with Crippen molar-refractivity contribution in [3.63, 3.8) is 0 Å². The number of carboxylic acid groups (broad SMARTS) is 1. The molecule has 0 bridgehead atoms. The molecule has 0 atom stereocenters. The van der Waals surface area contributed by atoms with Gasteiger partial charge in [-0.05, 0) is 41.3 Å². The van der Waals surface area contributed by atoms with Crippen LogP contribution in [0.1, 0.15) is 12.5 Å². The number of allylic oxidation sites excluding steroid dienone is 1. The van der Waals surface area contributed by atoms with Crippen LogP contribution in [0.3, 0.4) is 0 Å². The lowest BCUT2D eigenvalue weighted by Crippen LogP contribution is -1.90. The summed E-state index contributed by atoms with van der Waals surface area (Å²) in [4.78, 5) is 10.6. The van der Waals surface area contributed by atoms with E-state index in [0.29, 0.717) is 5.57 Å². The SMILES string of the molecule is CC(=CC(=O)O)c1ccc(-c2ccc(F)cc2)cc1. The molecule has 2 nitrogen and oxygen atoms in total. The number of halogens is 1. The number of aliphatic carboxylic acids is 1. The van der Waals surface area contributed by atoms with Gasteiger partial charge in [0.25, 0.3) is 0 Å². The Balaban J connectivity index is 2.28. The number of carboxylic acids is 1. The van der Waals surface area contributed by atoms with Crippen molar-refractivity contribution in [2.75, 3.05) is 0 Å². The van der Waals surface area contributed by atoms with E-state index >= 15 is 0 Å². The molecule has 2 rings (SSSR count). The van der Waals surface area contributed by atoms with E-state index in [-0.39, 0.29) is 5.82 Å². The molecule has 3 heteroatoms. The lowest BCUT2D eigenvalue weighted by atomic mass is 10.0. The molecular formula is C16H13FO2. The molecule has 2 aromatic carbocycles. The van der Waals surface area contributed by atoms with Crippen LogP contribution in [0, 0.1) is 5.82 Å². The molecule has 0 aromatic heterocycles. The van der Waals surface area contributed by atoms with Crippen LogP contribution >= 0.6 is 0 Å². The Morgan fingerprint density at radius 3 is 1.95 bits per heavy atom. The summed E-state index contributed by atoms with van der Waals surface area (Å²) in [5.74, 6) is -1.22. The van der Waals surface area contributed by atoms with Crippen LogP contribution in [0.4, 0.5) is 4.39 Å². The standard InChI is InChI=1S/C16H13FO2/c1-11(10-16(18)19)12-2-4-13(5-3-12)14-6-8-15(17)9-7-14/h2-10H,1H3,(H,18,19). The zero-order chi connectivity index (χ0) is 13.8. The van der Waals surface area contributed by atoms with Crippen molar-refractivity contribution in [3.05, 3.63) is 66.0 Å². The van der Waals surface area contributed by atoms with Crippen molar-refractivity contribution in [1.29, 1.82) is 0 Å². The molecule has 1 N–H and O–H groups in total. The van der Waals surface area contributed by atoms with Gasteiger partial charge in [-0.25, -0.2) is 9.18 Å². The average molecular weight is 256 g/mol. The molecule has 0 saturated carbocycles. The average Bonchev–Trinajstić information content (AvgIpc) is 2.39. The fourth-order valence-electron chi connectivity index (χ4n) is 1.84. The number of hydrogen-bond donors (Lipinski definition) is 1. The molecule has 0 fully saturated rings. The predicted molar refractivity (Wildman–Crippen MR) is 73.1 cm³/mol. The van der Waals surface area contributed by atoms with Crippen molar-refractivity contribution in [2.45, 2.75) is 6.92 Å². The summed E-state index contributed by atoms with van der Waals surface area (Å²) in [6.07, 6.45) is 1.17. The van der Waals surface area contributed by atoms with Gasteiger partial charge in [0.1, 0.15) is 5.82 Å². The van der Waals surface area contributed by atoms with Crippen molar-refractivity contribution >= 4 is 11.5 Å². The molecule has 19 heavy (non-hydrogen) atoms. The number of rotatable bonds is 3. The third-order valence-electron chi connectivity index (χ3n) is 2.86. The molecule has 0 amide bonds. The molecular weight excluding hydrogens is 243 g/mol. The minimum absolute atomic E-state index is 0.263. The van der Waals surface area contributed by atoms with Crippen LogP contribution in [0.25, 0.3) is 16.7 Å². The largest absolute Gasteiger partial charge is 0.478 e. The van der Waals surface area contributed by atoms with Gasteiger partial charge in [0, 0.05) is 6.08 Å². The first-order valence-electron chi connectivity index (χ1n) is 5.84. The quantitative estimate of drug-likeness (QED) is 0.843. The summed E-state index contributed by atoms with van der Waals surface area (Å²) in [5, 5.41) is 8.69. The van der Waals surface area contributed by atoms with Gasteiger partial charge < -0.3 is 5.11 Å². The Kier molecular flexibility index (Phi) is 3.76. The van der Waals surface area contributed by atoms with Gasteiger partial charge in [-0.2, -0.15) is 0 Å². The first-order chi connectivity index (χ1) is 9.06. The van der Waals surface area contributed by atoms with E-state index in [1.54, 1.807) is 19.1 Å². The van der Waals surface area contributed by atoms with Crippen molar-refractivity contribution in [2.24, 2.45) is 0 Å². The Morgan fingerprint density at radius 2 is 1.47 bits per heavy atom. The second kappa shape index (κ2) is 5.48. The van der Waals surface area contributed by atoms with Gasteiger partial charge >= 0.3 is 5.97 Å². The monoisotopic (exact) mass is 256 g/mol. The summed E-state index contributed by atoms with van der Waals surface area (Å²) < 4.78 is 12.8. The first kappa shape index (κ1) is 13.0.